The number of aliphatic hydroxyl groups is 1. The Labute approximate surface area is 118 Å². The monoisotopic (exact) mass is 269 g/mol. The average Bonchev–Trinajstić information content (AvgIpc) is 2.48. The van der Waals surface area contributed by atoms with Crippen LogP contribution in [0.3, 0.4) is 0 Å². The summed E-state index contributed by atoms with van der Waals surface area (Å²) < 4.78 is 14.0. The SMILES string of the molecule is CN(Cc1ccc(C#CCO)cc1F)c1ccccc1. The standard InChI is InChI=1S/C17H16FNO/c1-19(16-7-3-2-4-8-16)13-15-10-9-14(6-5-11-20)12-17(15)18/h2-4,7-10,12,20H,11,13H2,1H3. The third kappa shape index (κ3) is 3.59. The summed E-state index contributed by atoms with van der Waals surface area (Å²) in [5.74, 6) is 4.92. The summed E-state index contributed by atoms with van der Waals surface area (Å²) in [7, 11) is 1.92. The van der Waals surface area contributed by atoms with Crippen LogP contribution in [0.2, 0.25) is 0 Å². The first-order valence-electron chi connectivity index (χ1n) is 6.35. The van der Waals surface area contributed by atoms with Gasteiger partial charge in [-0.15, -0.1) is 0 Å². The van der Waals surface area contributed by atoms with Gasteiger partial charge in [0.05, 0.1) is 0 Å². The topological polar surface area (TPSA) is 23.5 Å². The van der Waals surface area contributed by atoms with E-state index in [0.29, 0.717) is 17.7 Å². The summed E-state index contributed by atoms with van der Waals surface area (Å²) >= 11 is 0. The third-order valence-electron chi connectivity index (χ3n) is 2.97. The molecule has 0 amide bonds. The van der Waals surface area contributed by atoms with Crippen LogP contribution in [0, 0.1) is 17.7 Å². The lowest BCUT2D eigenvalue weighted by Crippen LogP contribution is -2.17. The van der Waals surface area contributed by atoms with Crippen LogP contribution < -0.4 is 4.90 Å². The number of rotatable bonds is 3. The number of hydrogen-bond acceptors (Lipinski definition) is 2. The quantitative estimate of drug-likeness (QED) is 0.866. The lowest BCUT2D eigenvalue weighted by atomic mass is 10.1. The van der Waals surface area contributed by atoms with Crippen LogP contribution in [0.1, 0.15) is 11.1 Å². The maximum absolute atomic E-state index is 14.0. The van der Waals surface area contributed by atoms with E-state index in [1.807, 2.05) is 42.3 Å². The van der Waals surface area contributed by atoms with Crippen molar-refractivity contribution in [2.45, 2.75) is 6.54 Å². The Morgan fingerprint density at radius 3 is 2.55 bits per heavy atom. The summed E-state index contributed by atoms with van der Waals surface area (Å²) in [5.41, 5.74) is 2.23. The predicted octanol–water partition coefficient (Wildman–Crippen LogP) is 2.81. The fourth-order valence-electron chi connectivity index (χ4n) is 1.92. The smallest absolute Gasteiger partial charge is 0.129 e. The van der Waals surface area contributed by atoms with E-state index in [1.165, 1.54) is 6.07 Å². The van der Waals surface area contributed by atoms with Crippen LogP contribution in [-0.4, -0.2) is 18.8 Å². The Morgan fingerprint density at radius 2 is 1.90 bits per heavy atom. The van der Waals surface area contributed by atoms with Gasteiger partial charge in [0.2, 0.25) is 0 Å². The maximum Gasteiger partial charge on any atom is 0.129 e. The molecule has 2 rings (SSSR count). The van der Waals surface area contributed by atoms with Crippen LogP contribution in [0.25, 0.3) is 0 Å². The molecule has 3 heteroatoms. The molecule has 0 aromatic heterocycles. The van der Waals surface area contributed by atoms with Gasteiger partial charge in [-0.2, -0.15) is 0 Å². The molecule has 2 aromatic rings. The van der Waals surface area contributed by atoms with E-state index in [1.54, 1.807) is 12.1 Å². The molecule has 0 saturated carbocycles. The Kier molecular flexibility index (Phi) is 4.75. The first-order valence-corrected chi connectivity index (χ1v) is 6.35. The van der Waals surface area contributed by atoms with Crippen molar-refractivity contribution in [3.05, 3.63) is 65.5 Å². The highest BCUT2D eigenvalue weighted by molar-refractivity contribution is 5.46. The van der Waals surface area contributed by atoms with E-state index >= 15 is 0 Å². The lowest BCUT2D eigenvalue weighted by Gasteiger charge is -2.19. The molecule has 0 aliphatic rings. The van der Waals surface area contributed by atoms with Gasteiger partial charge in [0, 0.05) is 30.4 Å². The Hall–Kier alpha value is -2.31. The van der Waals surface area contributed by atoms with Gasteiger partial charge in [0.1, 0.15) is 12.4 Å². The predicted molar refractivity (Wildman–Crippen MR) is 78.9 cm³/mol. The van der Waals surface area contributed by atoms with Gasteiger partial charge in [-0.1, -0.05) is 36.1 Å². The Bertz CT molecular complexity index is 628. The minimum atomic E-state index is -0.280. The van der Waals surface area contributed by atoms with Crippen molar-refractivity contribution in [3.8, 4) is 11.8 Å². The fraction of sp³-hybridized carbons (Fsp3) is 0.176. The number of aliphatic hydroxyl groups excluding tert-OH is 1. The number of para-hydroxylation sites is 1. The van der Waals surface area contributed by atoms with E-state index in [-0.39, 0.29) is 12.4 Å². The molecule has 0 aliphatic carbocycles. The minimum Gasteiger partial charge on any atom is -0.384 e. The van der Waals surface area contributed by atoms with Crippen molar-refractivity contribution in [2.24, 2.45) is 0 Å². The number of benzene rings is 2. The zero-order chi connectivity index (χ0) is 14.4. The van der Waals surface area contributed by atoms with Crippen LogP contribution >= 0.6 is 0 Å². The van der Waals surface area contributed by atoms with Gasteiger partial charge in [0.15, 0.2) is 0 Å². The summed E-state index contributed by atoms with van der Waals surface area (Å²) in [6.07, 6.45) is 0. The van der Waals surface area contributed by atoms with Crippen LogP contribution in [0.4, 0.5) is 10.1 Å². The molecule has 2 nitrogen and oxygen atoms in total. The number of halogens is 1. The Morgan fingerprint density at radius 1 is 1.15 bits per heavy atom. The van der Waals surface area contributed by atoms with E-state index in [4.69, 9.17) is 5.11 Å². The molecule has 20 heavy (non-hydrogen) atoms. The molecule has 0 heterocycles. The summed E-state index contributed by atoms with van der Waals surface area (Å²) in [5, 5.41) is 8.62. The maximum atomic E-state index is 14.0. The van der Waals surface area contributed by atoms with Crippen molar-refractivity contribution in [3.63, 3.8) is 0 Å². The van der Waals surface area contributed by atoms with Gasteiger partial charge >= 0.3 is 0 Å². The van der Waals surface area contributed by atoms with Crippen molar-refractivity contribution in [1.29, 1.82) is 0 Å². The molecule has 0 unspecified atom stereocenters. The fourth-order valence-corrected chi connectivity index (χ4v) is 1.92. The van der Waals surface area contributed by atoms with E-state index < -0.39 is 0 Å². The van der Waals surface area contributed by atoms with Gasteiger partial charge < -0.3 is 10.0 Å². The van der Waals surface area contributed by atoms with Crippen molar-refractivity contribution < 1.29 is 9.50 Å². The molecule has 0 radical (unpaired) electrons. The number of nitrogens with zero attached hydrogens (tertiary/aromatic N) is 1. The molecular weight excluding hydrogens is 253 g/mol. The molecule has 0 saturated heterocycles. The second kappa shape index (κ2) is 6.74. The highest BCUT2D eigenvalue weighted by Gasteiger charge is 2.06. The largest absolute Gasteiger partial charge is 0.384 e. The molecule has 0 bridgehead atoms. The molecule has 0 atom stereocenters. The van der Waals surface area contributed by atoms with Crippen molar-refractivity contribution in [1.82, 2.24) is 0 Å². The highest BCUT2D eigenvalue weighted by atomic mass is 19.1. The number of anilines is 1. The number of hydrogen-bond donors (Lipinski definition) is 1. The molecule has 0 fully saturated rings. The molecule has 0 aliphatic heterocycles. The molecule has 0 spiro atoms. The van der Waals surface area contributed by atoms with Crippen molar-refractivity contribution in [2.75, 3.05) is 18.6 Å². The minimum absolute atomic E-state index is 0.222. The van der Waals surface area contributed by atoms with E-state index in [2.05, 4.69) is 11.8 Å². The molecule has 1 N–H and O–H groups in total. The van der Waals surface area contributed by atoms with Crippen molar-refractivity contribution >= 4 is 5.69 Å². The van der Waals surface area contributed by atoms with Crippen LogP contribution in [-0.2, 0) is 6.54 Å². The summed E-state index contributed by atoms with van der Waals surface area (Å²) in [6.45, 7) is 0.268. The highest BCUT2D eigenvalue weighted by Crippen LogP contribution is 2.17. The Balaban J connectivity index is 2.14. The van der Waals surface area contributed by atoms with Crippen LogP contribution in [0.5, 0.6) is 0 Å². The zero-order valence-electron chi connectivity index (χ0n) is 11.3. The van der Waals surface area contributed by atoms with Gasteiger partial charge in [-0.05, 0) is 24.3 Å². The van der Waals surface area contributed by atoms with Gasteiger partial charge in [-0.25, -0.2) is 4.39 Å². The second-order valence-corrected chi connectivity index (χ2v) is 4.46. The second-order valence-electron chi connectivity index (χ2n) is 4.46. The van der Waals surface area contributed by atoms with Crippen LogP contribution in [0.15, 0.2) is 48.5 Å². The van der Waals surface area contributed by atoms with Gasteiger partial charge in [-0.3, -0.25) is 0 Å². The van der Waals surface area contributed by atoms with E-state index in [0.717, 1.165) is 5.69 Å². The summed E-state index contributed by atoms with van der Waals surface area (Å²) in [6, 6.07) is 14.7. The lowest BCUT2D eigenvalue weighted by molar-refractivity contribution is 0.350. The normalized spacial score (nSPS) is 9.75. The average molecular weight is 269 g/mol. The first-order chi connectivity index (χ1) is 9.70. The molecule has 102 valence electrons. The summed E-state index contributed by atoms with van der Waals surface area (Å²) in [4.78, 5) is 1.98. The van der Waals surface area contributed by atoms with Gasteiger partial charge in [0.25, 0.3) is 0 Å². The molecular formula is C17H16FNO. The zero-order valence-corrected chi connectivity index (χ0v) is 11.3. The third-order valence-corrected chi connectivity index (χ3v) is 2.97. The first kappa shape index (κ1) is 14.1. The molecule has 2 aromatic carbocycles. The van der Waals surface area contributed by atoms with E-state index in [9.17, 15) is 4.39 Å².